The minimum Gasteiger partial charge on any atom is -0.353 e. The summed E-state index contributed by atoms with van der Waals surface area (Å²) in [5.74, 6) is 2.97. The van der Waals surface area contributed by atoms with E-state index in [-0.39, 0.29) is 0 Å². The summed E-state index contributed by atoms with van der Waals surface area (Å²) in [6.07, 6.45) is 0. The van der Waals surface area contributed by atoms with Gasteiger partial charge in [-0.1, -0.05) is 0 Å². The Hall–Kier alpha value is -1.40. The van der Waals surface area contributed by atoms with Crippen molar-refractivity contribution in [2.45, 2.75) is 19.0 Å². The number of nitrogens with zero attached hydrogens (tertiary/aromatic N) is 4. The Morgan fingerprint density at radius 1 is 0.947 bits per heavy atom. The molecule has 0 saturated carbocycles. The third kappa shape index (κ3) is 2.37. The molecule has 0 unspecified atom stereocenters. The Kier molecular flexibility index (Phi) is 3.28. The first-order chi connectivity index (χ1) is 9.19. The third-order valence-electron chi connectivity index (χ3n) is 4.04. The van der Waals surface area contributed by atoms with E-state index >= 15 is 0 Å². The van der Waals surface area contributed by atoms with Crippen molar-refractivity contribution in [3.05, 3.63) is 11.9 Å². The molecule has 2 aliphatic heterocycles. The summed E-state index contributed by atoms with van der Waals surface area (Å²) in [6.45, 7) is 6.10. The van der Waals surface area contributed by atoms with Gasteiger partial charge in [0.2, 0.25) is 0 Å². The molecule has 2 N–H and O–H groups in total. The molecule has 0 bridgehead atoms. The van der Waals surface area contributed by atoms with Crippen LogP contribution in [0.1, 0.15) is 5.82 Å². The molecule has 2 fully saturated rings. The second-order valence-electron chi connectivity index (χ2n) is 5.41. The molecule has 3 rings (SSSR count). The van der Waals surface area contributed by atoms with Gasteiger partial charge in [0.05, 0.1) is 0 Å². The van der Waals surface area contributed by atoms with Crippen LogP contribution in [0.15, 0.2) is 6.07 Å². The SMILES string of the molecule is CNC1CN(c2cc(N3CC(NC)C3)nc(C)n2)C1. The van der Waals surface area contributed by atoms with E-state index in [2.05, 4.69) is 36.5 Å². The summed E-state index contributed by atoms with van der Waals surface area (Å²) < 4.78 is 0. The second-order valence-corrected chi connectivity index (χ2v) is 5.41. The molecule has 19 heavy (non-hydrogen) atoms. The van der Waals surface area contributed by atoms with E-state index in [1.54, 1.807) is 0 Å². The molecule has 6 heteroatoms. The maximum atomic E-state index is 4.55. The fourth-order valence-corrected chi connectivity index (χ4v) is 2.56. The predicted octanol–water partition coefficient (Wildman–Crippen LogP) is -0.399. The quantitative estimate of drug-likeness (QED) is 0.770. The van der Waals surface area contributed by atoms with Gasteiger partial charge in [0.25, 0.3) is 0 Å². The minimum atomic E-state index is 0.594. The van der Waals surface area contributed by atoms with Gasteiger partial charge in [0, 0.05) is 44.3 Å². The zero-order valence-corrected chi connectivity index (χ0v) is 11.8. The van der Waals surface area contributed by atoms with Crippen LogP contribution in [0.5, 0.6) is 0 Å². The normalized spacial score (nSPS) is 20.4. The van der Waals surface area contributed by atoms with Crippen molar-refractivity contribution in [2.75, 3.05) is 50.1 Å². The van der Waals surface area contributed by atoms with Crippen molar-refractivity contribution in [3.63, 3.8) is 0 Å². The molecule has 0 radical (unpaired) electrons. The molecule has 1 aromatic rings. The van der Waals surface area contributed by atoms with Gasteiger partial charge in [-0.2, -0.15) is 0 Å². The van der Waals surface area contributed by atoms with E-state index in [1.165, 1.54) is 0 Å². The van der Waals surface area contributed by atoms with Crippen molar-refractivity contribution < 1.29 is 0 Å². The van der Waals surface area contributed by atoms with Gasteiger partial charge in [0.15, 0.2) is 0 Å². The molecule has 0 aliphatic carbocycles. The van der Waals surface area contributed by atoms with Crippen LogP contribution >= 0.6 is 0 Å². The topological polar surface area (TPSA) is 56.3 Å². The highest BCUT2D eigenvalue weighted by Crippen LogP contribution is 2.25. The van der Waals surface area contributed by atoms with E-state index in [9.17, 15) is 0 Å². The van der Waals surface area contributed by atoms with Gasteiger partial charge in [0.1, 0.15) is 17.5 Å². The maximum absolute atomic E-state index is 4.55. The zero-order valence-electron chi connectivity index (χ0n) is 11.8. The molecule has 2 aliphatic rings. The fourth-order valence-electron chi connectivity index (χ4n) is 2.56. The smallest absolute Gasteiger partial charge is 0.134 e. The number of aryl methyl sites for hydroxylation is 1. The van der Waals surface area contributed by atoms with Gasteiger partial charge in [-0.15, -0.1) is 0 Å². The lowest BCUT2D eigenvalue weighted by Gasteiger charge is -2.42. The lowest BCUT2D eigenvalue weighted by molar-refractivity contribution is 0.441. The molecule has 0 spiro atoms. The summed E-state index contributed by atoms with van der Waals surface area (Å²) >= 11 is 0. The van der Waals surface area contributed by atoms with Gasteiger partial charge in [-0.05, 0) is 21.0 Å². The van der Waals surface area contributed by atoms with Crippen LogP contribution in [0, 0.1) is 6.92 Å². The summed E-state index contributed by atoms with van der Waals surface area (Å²) in [5.41, 5.74) is 0. The van der Waals surface area contributed by atoms with Crippen LogP contribution in [0.3, 0.4) is 0 Å². The van der Waals surface area contributed by atoms with E-state index in [4.69, 9.17) is 0 Å². The average Bonchev–Trinajstić information content (AvgIpc) is 2.25. The first kappa shape index (κ1) is 12.6. The highest BCUT2D eigenvalue weighted by Gasteiger charge is 2.30. The summed E-state index contributed by atoms with van der Waals surface area (Å²) in [6, 6.07) is 3.30. The van der Waals surface area contributed by atoms with Crippen LogP contribution in [0.25, 0.3) is 0 Å². The summed E-state index contributed by atoms with van der Waals surface area (Å²) in [5, 5.41) is 6.57. The first-order valence-corrected chi connectivity index (χ1v) is 6.89. The Balaban J connectivity index is 1.71. The predicted molar refractivity (Wildman–Crippen MR) is 76.9 cm³/mol. The molecule has 2 saturated heterocycles. The van der Waals surface area contributed by atoms with E-state index < -0.39 is 0 Å². The van der Waals surface area contributed by atoms with Gasteiger partial charge >= 0.3 is 0 Å². The average molecular weight is 262 g/mol. The number of hydrogen-bond donors (Lipinski definition) is 2. The summed E-state index contributed by atoms with van der Waals surface area (Å²) in [4.78, 5) is 13.7. The number of aromatic nitrogens is 2. The number of rotatable bonds is 4. The second kappa shape index (κ2) is 4.94. The van der Waals surface area contributed by atoms with Crippen LogP contribution in [0.2, 0.25) is 0 Å². The highest BCUT2D eigenvalue weighted by molar-refractivity contribution is 5.54. The van der Waals surface area contributed by atoms with E-state index in [1.807, 2.05) is 21.0 Å². The zero-order chi connectivity index (χ0) is 13.4. The first-order valence-electron chi connectivity index (χ1n) is 6.89. The monoisotopic (exact) mass is 262 g/mol. The largest absolute Gasteiger partial charge is 0.353 e. The summed E-state index contributed by atoms with van der Waals surface area (Å²) in [7, 11) is 4.02. The lowest BCUT2D eigenvalue weighted by Crippen LogP contribution is -2.58. The van der Waals surface area contributed by atoms with Crippen molar-refractivity contribution in [3.8, 4) is 0 Å². The third-order valence-corrected chi connectivity index (χ3v) is 4.04. The van der Waals surface area contributed by atoms with Crippen LogP contribution in [-0.2, 0) is 0 Å². The van der Waals surface area contributed by atoms with Crippen LogP contribution in [-0.4, -0.2) is 62.3 Å². The molecule has 0 aromatic carbocycles. The maximum Gasteiger partial charge on any atom is 0.134 e. The van der Waals surface area contributed by atoms with Crippen molar-refractivity contribution in [1.82, 2.24) is 20.6 Å². The minimum absolute atomic E-state index is 0.594. The molecule has 0 amide bonds. The van der Waals surface area contributed by atoms with Gasteiger partial charge < -0.3 is 20.4 Å². The molecule has 0 atom stereocenters. The van der Waals surface area contributed by atoms with Gasteiger partial charge in [-0.25, -0.2) is 9.97 Å². The van der Waals surface area contributed by atoms with Crippen LogP contribution in [0.4, 0.5) is 11.6 Å². The molecule has 6 nitrogen and oxygen atoms in total. The Morgan fingerprint density at radius 2 is 1.37 bits per heavy atom. The van der Waals surface area contributed by atoms with E-state index in [0.717, 1.165) is 43.6 Å². The number of likely N-dealkylation sites (N-methyl/N-ethyl adjacent to an activating group) is 2. The highest BCUT2D eigenvalue weighted by atomic mass is 15.3. The fraction of sp³-hybridized carbons (Fsp3) is 0.692. The van der Waals surface area contributed by atoms with Crippen molar-refractivity contribution >= 4 is 11.6 Å². The number of anilines is 2. The van der Waals surface area contributed by atoms with Gasteiger partial charge in [-0.3, -0.25) is 0 Å². The number of nitrogens with one attached hydrogen (secondary N) is 2. The molecule has 104 valence electrons. The Labute approximate surface area is 114 Å². The molecule has 1 aromatic heterocycles. The molecular formula is C13H22N6. The lowest BCUT2D eigenvalue weighted by atomic mass is 10.1. The standard InChI is InChI=1S/C13H22N6/c1-9-16-12(18-5-10(6-18)14-2)4-13(17-9)19-7-11(8-19)15-3/h4,10-11,14-15H,5-8H2,1-3H3. The molecular weight excluding hydrogens is 240 g/mol. The molecule has 3 heterocycles. The van der Waals surface area contributed by atoms with Crippen LogP contribution < -0.4 is 20.4 Å². The van der Waals surface area contributed by atoms with Crippen molar-refractivity contribution in [2.24, 2.45) is 0 Å². The number of hydrogen-bond acceptors (Lipinski definition) is 6. The van der Waals surface area contributed by atoms with E-state index in [0.29, 0.717) is 12.1 Å². The Bertz CT molecular complexity index is 412. The van der Waals surface area contributed by atoms with Crippen molar-refractivity contribution in [1.29, 1.82) is 0 Å². The Morgan fingerprint density at radius 3 is 1.74 bits per heavy atom.